The van der Waals surface area contributed by atoms with Gasteiger partial charge in [0.15, 0.2) is 5.78 Å². The summed E-state index contributed by atoms with van der Waals surface area (Å²) in [6.07, 6.45) is 2.75. The third kappa shape index (κ3) is 3.81. The number of ether oxygens (including phenoxy) is 1. The van der Waals surface area contributed by atoms with Crippen molar-refractivity contribution in [1.29, 1.82) is 0 Å². The number of carbonyl (C=O) groups excluding carboxylic acids is 2. The number of halogens is 2. The zero-order chi connectivity index (χ0) is 19.8. The number of Topliss-reactive ketones (excluding diaryl/α,β-unsaturated/α-hetero) is 1. The van der Waals surface area contributed by atoms with Gasteiger partial charge >= 0.3 is 6.03 Å². The number of hydrogen-bond acceptors (Lipinski definition) is 3. The summed E-state index contributed by atoms with van der Waals surface area (Å²) in [5.41, 5.74) is 0.697. The molecule has 0 spiro atoms. The lowest BCUT2D eigenvalue weighted by Gasteiger charge is -2.45. The van der Waals surface area contributed by atoms with Gasteiger partial charge in [-0.1, -0.05) is 12.1 Å². The summed E-state index contributed by atoms with van der Waals surface area (Å²) in [7, 11) is 0. The molecule has 0 saturated carbocycles. The monoisotopic (exact) mass is 390 g/mol. The molecule has 0 aromatic heterocycles. The van der Waals surface area contributed by atoms with Crippen molar-refractivity contribution in [3.63, 3.8) is 0 Å². The van der Waals surface area contributed by atoms with Gasteiger partial charge in [0.05, 0.1) is 6.10 Å². The molecule has 4 rings (SSSR count). The topological polar surface area (TPSA) is 49.9 Å². The van der Waals surface area contributed by atoms with Crippen LogP contribution in [0.15, 0.2) is 24.3 Å². The number of piperidine rings is 1. The summed E-state index contributed by atoms with van der Waals surface area (Å²) in [4.78, 5) is 27.7. The summed E-state index contributed by atoms with van der Waals surface area (Å²) in [5, 5.41) is 0. The van der Waals surface area contributed by atoms with Crippen LogP contribution in [-0.4, -0.2) is 60.5 Å². The van der Waals surface area contributed by atoms with E-state index in [-0.39, 0.29) is 41.9 Å². The van der Waals surface area contributed by atoms with E-state index in [0.717, 1.165) is 6.42 Å². The molecule has 7 heteroatoms. The fourth-order valence-corrected chi connectivity index (χ4v) is 4.17. The van der Waals surface area contributed by atoms with Crippen molar-refractivity contribution in [2.24, 2.45) is 11.8 Å². The van der Waals surface area contributed by atoms with Crippen LogP contribution in [0.1, 0.15) is 24.0 Å². The van der Waals surface area contributed by atoms with E-state index in [1.54, 1.807) is 28.9 Å². The molecule has 3 heterocycles. The summed E-state index contributed by atoms with van der Waals surface area (Å²) in [6.45, 7) is 3.85. The van der Waals surface area contributed by atoms with Crippen molar-refractivity contribution in [1.82, 2.24) is 9.80 Å². The van der Waals surface area contributed by atoms with Crippen molar-refractivity contribution < 1.29 is 23.1 Å². The van der Waals surface area contributed by atoms with Crippen LogP contribution in [0.4, 0.5) is 13.6 Å². The summed E-state index contributed by atoms with van der Waals surface area (Å²) in [5.74, 6) is -0.808. The van der Waals surface area contributed by atoms with Crippen LogP contribution in [0.2, 0.25) is 0 Å². The minimum atomic E-state index is -0.463. The van der Waals surface area contributed by atoms with Gasteiger partial charge in [0, 0.05) is 50.0 Å². The lowest BCUT2D eigenvalue weighted by atomic mass is 9.88. The Morgan fingerprint density at radius 1 is 1.25 bits per heavy atom. The van der Waals surface area contributed by atoms with Gasteiger partial charge in [-0.05, 0) is 31.1 Å². The quantitative estimate of drug-likeness (QED) is 0.779. The Bertz CT molecular complexity index is 820. The van der Waals surface area contributed by atoms with Crippen LogP contribution < -0.4 is 0 Å². The predicted octanol–water partition coefficient (Wildman–Crippen LogP) is 3.18. The van der Waals surface area contributed by atoms with Crippen LogP contribution in [0.25, 0.3) is 5.83 Å². The number of amides is 2. The maximum Gasteiger partial charge on any atom is 0.320 e. The summed E-state index contributed by atoms with van der Waals surface area (Å²) < 4.78 is 33.5. The van der Waals surface area contributed by atoms with Crippen LogP contribution in [0.3, 0.4) is 0 Å². The molecule has 0 aliphatic carbocycles. The second-order valence-corrected chi connectivity index (χ2v) is 8.01. The Morgan fingerprint density at radius 3 is 2.79 bits per heavy atom. The molecule has 1 aromatic rings. The van der Waals surface area contributed by atoms with Gasteiger partial charge in [-0.25, -0.2) is 13.6 Å². The largest absolute Gasteiger partial charge is 0.370 e. The van der Waals surface area contributed by atoms with Gasteiger partial charge < -0.3 is 14.5 Å². The first-order valence-electron chi connectivity index (χ1n) is 9.71. The van der Waals surface area contributed by atoms with E-state index >= 15 is 0 Å². The normalized spacial score (nSPS) is 26.1. The first kappa shape index (κ1) is 19.1. The second-order valence-electron chi connectivity index (χ2n) is 8.01. The highest BCUT2D eigenvalue weighted by molar-refractivity contribution is 5.81. The van der Waals surface area contributed by atoms with E-state index in [1.807, 2.05) is 0 Å². The molecule has 28 heavy (non-hydrogen) atoms. The number of urea groups is 1. The molecular formula is C21H24F2N2O3. The Kier molecular flexibility index (Phi) is 5.19. The molecule has 3 aliphatic heterocycles. The Morgan fingerprint density at radius 2 is 2.04 bits per heavy atom. The number of hydrogen-bond donors (Lipinski definition) is 0. The van der Waals surface area contributed by atoms with Gasteiger partial charge in [0.2, 0.25) is 0 Å². The molecule has 1 aromatic carbocycles. The number of nitrogens with zero attached hydrogens (tertiary/aromatic N) is 2. The molecular weight excluding hydrogens is 366 g/mol. The molecule has 2 amide bonds. The van der Waals surface area contributed by atoms with Crippen molar-refractivity contribution in [2.45, 2.75) is 25.9 Å². The smallest absolute Gasteiger partial charge is 0.320 e. The summed E-state index contributed by atoms with van der Waals surface area (Å²) >= 11 is 0. The molecule has 0 radical (unpaired) electrons. The van der Waals surface area contributed by atoms with Crippen molar-refractivity contribution in [3.05, 3.63) is 41.2 Å². The van der Waals surface area contributed by atoms with E-state index in [4.69, 9.17) is 4.74 Å². The average molecular weight is 390 g/mol. The van der Waals surface area contributed by atoms with E-state index in [2.05, 4.69) is 0 Å². The maximum absolute atomic E-state index is 14.4. The Balaban J connectivity index is 1.31. The Labute approximate surface area is 162 Å². The highest BCUT2D eigenvalue weighted by atomic mass is 19.1. The van der Waals surface area contributed by atoms with Gasteiger partial charge in [-0.2, -0.15) is 0 Å². The van der Waals surface area contributed by atoms with Gasteiger partial charge in [-0.3, -0.25) is 4.79 Å². The van der Waals surface area contributed by atoms with Crippen LogP contribution in [-0.2, 0) is 9.53 Å². The zero-order valence-electron chi connectivity index (χ0n) is 15.9. The number of aryl methyl sites for hydroxylation is 1. The summed E-state index contributed by atoms with van der Waals surface area (Å²) in [6, 6.07) is 4.24. The van der Waals surface area contributed by atoms with Crippen LogP contribution in [0, 0.1) is 24.6 Å². The first-order chi connectivity index (χ1) is 13.4. The lowest BCUT2D eigenvalue weighted by Crippen LogP contribution is -2.58. The number of benzene rings is 1. The molecule has 3 aliphatic rings. The minimum absolute atomic E-state index is 0.0667. The average Bonchev–Trinajstić information content (AvgIpc) is 2.65. The molecule has 3 saturated heterocycles. The fraction of sp³-hybridized carbons (Fsp3) is 0.524. The molecule has 2 atom stereocenters. The van der Waals surface area contributed by atoms with Crippen molar-refractivity contribution in [2.75, 3.05) is 32.8 Å². The Hall–Kier alpha value is -2.28. The number of fused-ring (bicyclic) bond motifs is 1. The second kappa shape index (κ2) is 7.62. The molecule has 0 N–H and O–H groups in total. The van der Waals surface area contributed by atoms with Crippen LogP contribution in [0.5, 0.6) is 0 Å². The SMILES string of the molecule is Cc1ccc(C(F)=CC2CN(C(=O)N3CC[C@@H]4OCC(=O)C[C@@H]4C3)C2)cc1F. The van der Waals surface area contributed by atoms with E-state index in [9.17, 15) is 18.4 Å². The molecule has 150 valence electrons. The van der Waals surface area contributed by atoms with Gasteiger partial charge in [-0.15, -0.1) is 0 Å². The standard InChI is InChI=1S/C21H24F2N2O3/c1-13-2-3-15(8-18(13)22)19(23)6-14-9-25(10-14)21(27)24-5-4-20-16(11-24)7-17(26)12-28-20/h2-3,6,8,14,16,20H,4-5,7,9-12H2,1H3/t16-,20+/m1/s1. The predicted molar refractivity (Wildman–Crippen MR) is 99.7 cm³/mol. The van der Waals surface area contributed by atoms with Crippen molar-refractivity contribution in [3.8, 4) is 0 Å². The molecule has 0 unspecified atom stereocenters. The number of rotatable bonds is 2. The number of carbonyl (C=O) groups is 2. The fourth-order valence-electron chi connectivity index (χ4n) is 4.17. The van der Waals surface area contributed by atoms with E-state index in [1.165, 1.54) is 12.1 Å². The molecule has 5 nitrogen and oxygen atoms in total. The number of likely N-dealkylation sites (tertiary alicyclic amines) is 2. The highest BCUT2D eigenvalue weighted by Gasteiger charge is 2.39. The van der Waals surface area contributed by atoms with E-state index in [0.29, 0.717) is 38.2 Å². The van der Waals surface area contributed by atoms with Crippen molar-refractivity contribution >= 4 is 17.6 Å². The zero-order valence-corrected chi connectivity index (χ0v) is 15.9. The van der Waals surface area contributed by atoms with Crippen LogP contribution >= 0.6 is 0 Å². The number of ketones is 1. The maximum atomic E-state index is 14.4. The molecule has 3 fully saturated rings. The van der Waals surface area contributed by atoms with Gasteiger partial charge in [0.1, 0.15) is 18.3 Å². The van der Waals surface area contributed by atoms with E-state index < -0.39 is 11.6 Å². The third-order valence-corrected chi connectivity index (χ3v) is 5.89. The lowest BCUT2D eigenvalue weighted by molar-refractivity contribution is -0.140. The van der Waals surface area contributed by atoms with Gasteiger partial charge in [0.25, 0.3) is 0 Å². The minimum Gasteiger partial charge on any atom is -0.370 e. The third-order valence-electron chi connectivity index (χ3n) is 5.89. The molecule has 0 bridgehead atoms. The first-order valence-corrected chi connectivity index (χ1v) is 9.71. The highest BCUT2D eigenvalue weighted by Crippen LogP contribution is 2.30.